The summed E-state index contributed by atoms with van der Waals surface area (Å²) < 4.78 is 4.51. The van der Waals surface area contributed by atoms with Gasteiger partial charge in [-0.25, -0.2) is 0 Å². The van der Waals surface area contributed by atoms with Crippen molar-refractivity contribution in [2.24, 2.45) is 11.3 Å². The first kappa shape index (κ1) is 7.25. The van der Waals surface area contributed by atoms with Crippen LogP contribution in [0.15, 0.2) is 0 Å². The first-order valence-electron chi connectivity index (χ1n) is 3.19. The number of methoxy groups -OCH3 is 1. The third kappa shape index (κ3) is 0.818. The molecule has 1 aliphatic rings. The molecular weight excluding hydrogens is 132 g/mol. The molecular formula is C7H10O3. The van der Waals surface area contributed by atoms with Crippen LogP contribution in [0.25, 0.3) is 0 Å². The van der Waals surface area contributed by atoms with Gasteiger partial charge in [0, 0.05) is 5.92 Å². The summed E-state index contributed by atoms with van der Waals surface area (Å²) in [6.07, 6.45) is 1.46. The molecule has 0 saturated heterocycles. The van der Waals surface area contributed by atoms with Gasteiger partial charge in [-0.05, 0) is 13.3 Å². The zero-order chi connectivity index (χ0) is 7.78. The molecule has 0 aromatic carbocycles. The minimum Gasteiger partial charge on any atom is -0.469 e. The zero-order valence-electron chi connectivity index (χ0n) is 6.09. The average Bonchev–Trinajstić information content (AvgIpc) is 2.61. The second kappa shape index (κ2) is 2.08. The maximum atomic E-state index is 10.9. The lowest BCUT2D eigenvalue weighted by molar-refractivity contribution is -0.147. The summed E-state index contributed by atoms with van der Waals surface area (Å²) in [5.41, 5.74) is -0.503. The Hall–Kier alpha value is -0.860. The highest BCUT2D eigenvalue weighted by Gasteiger charge is 2.57. The lowest BCUT2D eigenvalue weighted by atomic mass is 10.1. The monoisotopic (exact) mass is 142 g/mol. The molecule has 2 atom stereocenters. The van der Waals surface area contributed by atoms with Gasteiger partial charge in [-0.3, -0.25) is 4.79 Å². The number of esters is 1. The lowest BCUT2D eigenvalue weighted by Crippen LogP contribution is -2.16. The second-order valence-electron chi connectivity index (χ2n) is 2.86. The Morgan fingerprint density at radius 2 is 2.40 bits per heavy atom. The van der Waals surface area contributed by atoms with Gasteiger partial charge in [0.25, 0.3) is 0 Å². The molecule has 0 aromatic heterocycles. The Morgan fingerprint density at radius 3 is 2.70 bits per heavy atom. The fourth-order valence-electron chi connectivity index (χ4n) is 1.06. The highest BCUT2D eigenvalue weighted by atomic mass is 16.5. The van der Waals surface area contributed by atoms with E-state index in [4.69, 9.17) is 0 Å². The summed E-state index contributed by atoms with van der Waals surface area (Å²) >= 11 is 0. The fourth-order valence-corrected chi connectivity index (χ4v) is 1.06. The summed E-state index contributed by atoms with van der Waals surface area (Å²) in [5.74, 6) is -0.385. The third-order valence-corrected chi connectivity index (χ3v) is 2.12. The maximum Gasteiger partial charge on any atom is 0.312 e. The normalized spacial score (nSPS) is 36.8. The van der Waals surface area contributed by atoms with Crippen molar-refractivity contribution in [1.82, 2.24) is 0 Å². The third-order valence-electron chi connectivity index (χ3n) is 2.12. The van der Waals surface area contributed by atoms with Crippen LogP contribution in [0, 0.1) is 11.3 Å². The van der Waals surface area contributed by atoms with E-state index >= 15 is 0 Å². The van der Waals surface area contributed by atoms with E-state index in [-0.39, 0.29) is 11.9 Å². The van der Waals surface area contributed by atoms with Crippen molar-refractivity contribution in [2.45, 2.75) is 13.3 Å². The largest absolute Gasteiger partial charge is 0.469 e. The Labute approximate surface area is 59.4 Å². The van der Waals surface area contributed by atoms with Crippen molar-refractivity contribution >= 4 is 12.3 Å². The first-order chi connectivity index (χ1) is 4.65. The number of rotatable bonds is 2. The molecule has 3 nitrogen and oxygen atoms in total. The van der Waals surface area contributed by atoms with E-state index in [1.165, 1.54) is 7.11 Å². The van der Waals surface area contributed by atoms with E-state index < -0.39 is 5.41 Å². The molecule has 0 N–H and O–H groups in total. The number of carbonyl (C=O) groups is 2. The van der Waals surface area contributed by atoms with Crippen molar-refractivity contribution in [3.63, 3.8) is 0 Å². The molecule has 1 fully saturated rings. The van der Waals surface area contributed by atoms with E-state index in [9.17, 15) is 9.59 Å². The van der Waals surface area contributed by atoms with E-state index in [2.05, 4.69) is 4.74 Å². The second-order valence-corrected chi connectivity index (χ2v) is 2.86. The van der Waals surface area contributed by atoms with Crippen LogP contribution in [0.2, 0.25) is 0 Å². The minimum absolute atomic E-state index is 0.111. The number of hydrogen-bond acceptors (Lipinski definition) is 3. The smallest absolute Gasteiger partial charge is 0.312 e. The molecule has 0 unspecified atom stereocenters. The molecule has 10 heavy (non-hydrogen) atoms. The molecule has 3 heteroatoms. The molecule has 56 valence electrons. The van der Waals surface area contributed by atoms with Crippen molar-refractivity contribution in [3.05, 3.63) is 0 Å². The van der Waals surface area contributed by atoms with Gasteiger partial charge in [0.1, 0.15) is 6.29 Å². The van der Waals surface area contributed by atoms with Crippen molar-refractivity contribution in [1.29, 1.82) is 0 Å². The Kier molecular flexibility index (Phi) is 1.50. The predicted molar refractivity (Wildman–Crippen MR) is 34.3 cm³/mol. The molecule has 1 rings (SSSR count). The van der Waals surface area contributed by atoms with Crippen LogP contribution in [-0.2, 0) is 14.3 Å². The summed E-state index contributed by atoms with van der Waals surface area (Å²) in [6.45, 7) is 1.75. The van der Waals surface area contributed by atoms with Crippen molar-refractivity contribution in [2.75, 3.05) is 7.11 Å². The highest BCUT2D eigenvalue weighted by molar-refractivity contribution is 5.85. The van der Waals surface area contributed by atoms with Crippen molar-refractivity contribution in [3.8, 4) is 0 Å². The average molecular weight is 142 g/mol. The summed E-state index contributed by atoms with van der Waals surface area (Å²) in [7, 11) is 1.34. The van der Waals surface area contributed by atoms with Gasteiger partial charge >= 0.3 is 5.97 Å². The number of hydrogen-bond donors (Lipinski definition) is 0. The Balaban J connectivity index is 2.58. The molecule has 0 aliphatic heterocycles. The predicted octanol–water partition coefficient (Wildman–Crippen LogP) is 0.384. The van der Waals surface area contributed by atoms with Crippen molar-refractivity contribution < 1.29 is 14.3 Å². The number of ether oxygens (including phenoxy) is 1. The van der Waals surface area contributed by atoms with Gasteiger partial charge in [-0.1, -0.05) is 0 Å². The lowest BCUT2D eigenvalue weighted by Gasteiger charge is -2.03. The minimum atomic E-state index is -0.503. The highest BCUT2D eigenvalue weighted by Crippen LogP contribution is 2.51. The fraction of sp³-hybridized carbons (Fsp3) is 0.714. The van der Waals surface area contributed by atoms with Crippen LogP contribution < -0.4 is 0 Å². The van der Waals surface area contributed by atoms with Crippen LogP contribution in [0.1, 0.15) is 13.3 Å². The summed E-state index contributed by atoms with van der Waals surface area (Å²) in [5, 5.41) is 0. The Morgan fingerprint density at radius 1 is 1.80 bits per heavy atom. The molecule has 0 aromatic rings. The molecule has 0 heterocycles. The van der Waals surface area contributed by atoms with Crippen LogP contribution in [0.5, 0.6) is 0 Å². The van der Waals surface area contributed by atoms with E-state index in [0.717, 1.165) is 6.29 Å². The van der Waals surface area contributed by atoms with Gasteiger partial charge in [0.05, 0.1) is 12.5 Å². The maximum absolute atomic E-state index is 10.9. The molecule has 1 saturated carbocycles. The Bertz CT molecular complexity index is 176. The van der Waals surface area contributed by atoms with E-state index in [1.807, 2.05) is 0 Å². The SMILES string of the molecule is COC(=O)[C@]1(C)C[C@H]1C=O. The van der Waals surface area contributed by atoms with Crippen LogP contribution >= 0.6 is 0 Å². The van der Waals surface area contributed by atoms with E-state index in [0.29, 0.717) is 6.42 Å². The molecule has 0 bridgehead atoms. The van der Waals surface area contributed by atoms with Gasteiger partial charge in [0.15, 0.2) is 0 Å². The van der Waals surface area contributed by atoms with Gasteiger partial charge in [-0.2, -0.15) is 0 Å². The van der Waals surface area contributed by atoms with Crippen LogP contribution in [0.4, 0.5) is 0 Å². The summed E-state index contributed by atoms with van der Waals surface area (Å²) in [6, 6.07) is 0. The van der Waals surface area contributed by atoms with Gasteiger partial charge in [-0.15, -0.1) is 0 Å². The zero-order valence-corrected chi connectivity index (χ0v) is 6.09. The quantitative estimate of drug-likeness (QED) is 0.413. The molecule has 0 amide bonds. The first-order valence-corrected chi connectivity index (χ1v) is 3.19. The van der Waals surface area contributed by atoms with Gasteiger partial charge in [0.2, 0.25) is 0 Å². The number of aldehydes is 1. The standard InChI is InChI=1S/C7H10O3/c1-7(6(9)10-2)3-5(7)4-8/h4-5H,3H2,1-2H3/t5-,7+/m0/s1. The summed E-state index contributed by atoms with van der Waals surface area (Å²) in [4.78, 5) is 21.1. The van der Waals surface area contributed by atoms with E-state index in [1.54, 1.807) is 6.92 Å². The molecule has 1 aliphatic carbocycles. The van der Waals surface area contributed by atoms with Gasteiger partial charge < -0.3 is 9.53 Å². The molecule has 0 spiro atoms. The topological polar surface area (TPSA) is 43.4 Å². The van der Waals surface area contributed by atoms with Crippen LogP contribution in [-0.4, -0.2) is 19.4 Å². The van der Waals surface area contributed by atoms with Crippen LogP contribution in [0.3, 0.4) is 0 Å². The number of carbonyl (C=O) groups excluding carboxylic acids is 2. The molecule has 0 radical (unpaired) electrons.